The Morgan fingerprint density at radius 3 is 2.39 bits per heavy atom. The number of rotatable bonds is 8. The molecular formula is C10H15N4O14P3. The van der Waals surface area contributed by atoms with Crippen molar-refractivity contribution in [1.29, 1.82) is 0 Å². The number of aromatic nitrogens is 3. The van der Waals surface area contributed by atoms with Crippen molar-refractivity contribution >= 4 is 23.5 Å². The minimum absolute atomic E-state index is 0.481. The van der Waals surface area contributed by atoms with Gasteiger partial charge in [0.05, 0.1) is 6.61 Å². The first kappa shape index (κ1) is 25.7. The van der Waals surface area contributed by atoms with Crippen LogP contribution in [-0.4, -0.2) is 63.8 Å². The normalized spacial score (nSPS) is 30.3. The van der Waals surface area contributed by atoms with Crippen LogP contribution in [0.25, 0.3) is 0 Å². The van der Waals surface area contributed by atoms with Crippen molar-refractivity contribution in [1.82, 2.24) is 14.8 Å². The zero-order valence-corrected chi connectivity index (χ0v) is 17.5. The second-order valence-corrected chi connectivity index (χ2v) is 10.2. The lowest BCUT2D eigenvalue weighted by molar-refractivity contribution is -0.0520. The molecule has 174 valence electrons. The van der Waals surface area contributed by atoms with E-state index in [2.05, 4.69) is 18.2 Å². The molecule has 6 atom stereocenters. The maximum atomic E-state index is 11.9. The number of ether oxygens (including phenoxy) is 1. The van der Waals surface area contributed by atoms with Gasteiger partial charge in [-0.3, -0.25) is 14.3 Å². The van der Waals surface area contributed by atoms with Crippen molar-refractivity contribution in [2.75, 3.05) is 6.61 Å². The monoisotopic (exact) mass is 508 g/mol. The molecule has 1 fully saturated rings. The number of nitrogens with zero attached hydrogens (tertiary/aromatic N) is 2. The third kappa shape index (κ3) is 6.25. The van der Waals surface area contributed by atoms with Gasteiger partial charge in [0.1, 0.15) is 18.4 Å². The number of hydrogen-bond acceptors (Lipinski definition) is 12. The van der Waals surface area contributed by atoms with E-state index in [1.807, 2.05) is 10.9 Å². The number of aromatic amines is 1. The molecule has 0 radical (unpaired) electrons. The predicted octanol–water partition coefficient (Wildman–Crippen LogP) is -3.14. The van der Waals surface area contributed by atoms with Crippen LogP contribution in [0, 0.1) is 12.3 Å². The molecule has 1 aliphatic heterocycles. The average molecular weight is 508 g/mol. The van der Waals surface area contributed by atoms with E-state index in [4.69, 9.17) is 31.6 Å². The fraction of sp³-hybridized carbons (Fsp3) is 0.500. The maximum absolute atomic E-state index is 11.9. The van der Waals surface area contributed by atoms with Crippen molar-refractivity contribution in [2.45, 2.75) is 24.0 Å². The molecule has 2 rings (SSSR count). The SMILES string of the molecule is C#CC1(N)[C@@H](O)[C@@H](COP(=O)(O)OP(=O)(O)OP(=O)(O)O)O[C@H]1n1ncc(=O)[nH]c1=O. The number of phosphoric ester groups is 1. The van der Waals surface area contributed by atoms with Crippen LogP contribution in [0.2, 0.25) is 0 Å². The van der Waals surface area contributed by atoms with Crippen LogP contribution in [0.3, 0.4) is 0 Å². The molecule has 0 amide bonds. The average Bonchev–Trinajstić information content (AvgIpc) is 2.82. The number of terminal acetylenes is 1. The third-order valence-electron chi connectivity index (χ3n) is 3.58. The Hall–Kier alpha value is -1.54. The van der Waals surface area contributed by atoms with Crippen LogP contribution in [0.4, 0.5) is 0 Å². The molecule has 0 saturated carbocycles. The van der Waals surface area contributed by atoms with Gasteiger partial charge in [0, 0.05) is 0 Å². The van der Waals surface area contributed by atoms with E-state index < -0.39 is 65.3 Å². The summed E-state index contributed by atoms with van der Waals surface area (Å²) in [7, 11) is -16.9. The van der Waals surface area contributed by atoms with Crippen molar-refractivity contribution in [3.05, 3.63) is 27.0 Å². The fourth-order valence-corrected chi connectivity index (χ4v) is 5.38. The van der Waals surface area contributed by atoms with E-state index in [1.165, 1.54) is 0 Å². The Labute approximate surface area is 171 Å². The highest BCUT2D eigenvalue weighted by atomic mass is 31.3. The van der Waals surface area contributed by atoms with Crippen LogP contribution in [0.15, 0.2) is 15.8 Å². The molecule has 21 heteroatoms. The predicted molar refractivity (Wildman–Crippen MR) is 94.6 cm³/mol. The summed E-state index contributed by atoms with van der Waals surface area (Å²) in [4.78, 5) is 60.4. The van der Waals surface area contributed by atoms with Gasteiger partial charge in [-0.15, -0.1) is 6.42 Å². The Morgan fingerprint density at radius 2 is 1.87 bits per heavy atom. The first-order chi connectivity index (χ1) is 14.0. The number of aliphatic hydroxyl groups is 1. The second kappa shape index (κ2) is 8.77. The molecule has 0 aliphatic carbocycles. The standard InChI is InChI=1S/C10H15N4O14P3/c1-2-10(11)7(16)5(26-8(10)14-9(17)13-6(15)3-12-14)4-25-30(21,22)28-31(23,24)27-29(18,19)20/h1,3,5,7-8,16H,4,11H2,(H,21,22)(H,23,24)(H,13,15,17)(H2,18,19,20)/t5-,7+,8-,10?/m1/s1. The highest BCUT2D eigenvalue weighted by molar-refractivity contribution is 7.66. The number of hydrogen-bond donors (Lipinski definition) is 7. The second-order valence-electron chi connectivity index (χ2n) is 5.82. The molecule has 18 nitrogen and oxygen atoms in total. The van der Waals surface area contributed by atoms with Gasteiger partial charge in [-0.1, -0.05) is 5.92 Å². The van der Waals surface area contributed by atoms with E-state index in [9.17, 15) is 33.3 Å². The number of aliphatic hydroxyl groups excluding tert-OH is 1. The van der Waals surface area contributed by atoms with Crippen LogP contribution >= 0.6 is 23.5 Å². The molecule has 0 bridgehead atoms. The maximum Gasteiger partial charge on any atom is 0.490 e. The molecule has 2 heterocycles. The number of nitrogens with one attached hydrogen (secondary N) is 1. The first-order valence-electron chi connectivity index (χ1n) is 7.56. The summed E-state index contributed by atoms with van der Waals surface area (Å²) in [5.41, 5.74) is 1.72. The van der Waals surface area contributed by atoms with Gasteiger partial charge in [0.15, 0.2) is 11.8 Å². The smallest absolute Gasteiger partial charge is 0.387 e. The fourth-order valence-electron chi connectivity index (χ4n) is 2.35. The molecule has 0 spiro atoms. The highest BCUT2D eigenvalue weighted by Crippen LogP contribution is 2.66. The summed E-state index contributed by atoms with van der Waals surface area (Å²) in [6.07, 6.45) is 0.729. The summed E-state index contributed by atoms with van der Waals surface area (Å²) in [5, 5.41) is 13.8. The Kier molecular flexibility index (Phi) is 7.28. The quantitative estimate of drug-likeness (QED) is 0.135. The Bertz CT molecular complexity index is 1140. The van der Waals surface area contributed by atoms with E-state index >= 15 is 0 Å². The van der Waals surface area contributed by atoms with Gasteiger partial charge < -0.3 is 35.2 Å². The van der Waals surface area contributed by atoms with Crippen molar-refractivity contribution in [3.8, 4) is 12.3 Å². The van der Waals surface area contributed by atoms with Crippen LogP contribution in [0.5, 0.6) is 0 Å². The summed E-state index contributed by atoms with van der Waals surface area (Å²) >= 11 is 0. The van der Waals surface area contributed by atoms with Crippen molar-refractivity contribution in [2.24, 2.45) is 5.73 Å². The lowest BCUT2D eigenvalue weighted by Crippen LogP contribution is -2.55. The van der Waals surface area contributed by atoms with Gasteiger partial charge >= 0.3 is 29.2 Å². The van der Waals surface area contributed by atoms with Crippen molar-refractivity contribution in [3.63, 3.8) is 0 Å². The lowest BCUT2D eigenvalue weighted by atomic mass is 9.92. The Morgan fingerprint density at radius 1 is 1.26 bits per heavy atom. The summed E-state index contributed by atoms with van der Waals surface area (Å²) in [6.45, 7) is -1.10. The third-order valence-corrected chi connectivity index (χ3v) is 7.38. The minimum Gasteiger partial charge on any atom is -0.387 e. The molecular weight excluding hydrogens is 493 g/mol. The molecule has 31 heavy (non-hydrogen) atoms. The van der Waals surface area contributed by atoms with E-state index in [1.54, 1.807) is 0 Å². The molecule has 8 N–H and O–H groups in total. The van der Waals surface area contributed by atoms with Crippen LogP contribution in [-0.2, 0) is 31.6 Å². The van der Waals surface area contributed by atoms with E-state index in [0.29, 0.717) is 10.9 Å². The zero-order chi connectivity index (χ0) is 23.8. The molecule has 1 aromatic heterocycles. The van der Waals surface area contributed by atoms with E-state index in [-0.39, 0.29) is 0 Å². The van der Waals surface area contributed by atoms with Crippen molar-refractivity contribution < 1.29 is 56.3 Å². The summed E-state index contributed by atoms with van der Waals surface area (Å²) < 4.78 is 50.8. The summed E-state index contributed by atoms with van der Waals surface area (Å²) in [6, 6.07) is 0. The van der Waals surface area contributed by atoms with Gasteiger partial charge in [-0.25, -0.2) is 18.5 Å². The van der Waals surface area contributed by atoms with Gasteiger partial charge in [0.2, 0.25) is 0 Å². The zero-order valence-electron chi connectivity index (χ0n) is 14.8. The van der Waals surface area contributed by atoms with E-state index in [0.717, 1.165) is 0 Å². The largest absolute Gasteiger partial charge is 0.490 e. The van der Waals surface area contributed by atoms with Gasteiger partial charge in [-0.05, 0) is 0 Å². The first-order valence-corrected chi connectivity index (χ1v) is 12.1. The Balaban J connectivity index is 2.19. The highest BCUT2D eigenvalue weighted by Gasteiger charge is 2.55. The van der Waals surface area contributed by atoms with Crippen LogP contribution in [0.1, 0.15) is 6.23 Å². The topological polar surface area (TPSA) is 283 Å². The minimum atomic E-state index is -5.77. The lowest BCUT2D eigenvalue weighted by Gasteiger charge is -2.26. The molecule has 1 aromatic rings. The number of H-pyrrole nitrogens is 1. The number of nitrogens with two attached hydrogens (primary N) is 1. The summed E-state index contributed by atoms with van der Waals surface area (Å²) in [5.74, 6) is 1.97. The van der Waals surface area contributed by atoms with Gasteiger partial charge in [-0.2, -0.15) is 18.4 Å². The van der Waals surface area contributed by atoms with Crippen LogP contribution < -0.4 is 17.0 Å². The van der Waals surface area contributed by atoms with Gasteiger partial charge in [0.25, 0.3) is 5.56 Å². The molecule has 1 saturated heterocycles. The molecule has 0 aromatic carbocycles. The number of phosphoric acid groups is 3. The molecule has 3 unspecified atom stereocenters. The molecule has 1 aliphatic rings.